The SMILES string of the molecule is C=C(CBr)[C@H](OCc1ccccc1)c1ccccc1. The summed E-state index contributed by atoms with van der Waals surface area (Å²) in [6.07, 6.45) is -0.0687. The molecule has 0 spiro atoms. The Morgan fingerprint density at radius 3 is 2.16 bits per heavy atom. The van der Waals surface area contributed by atoms with E-state index in [1.54, 1.807) is 0 Å². The van der Waals surface area contributed by atoms with E-state index >= 15 is 0 Å². The van der Waals surface area contributed by atoms with E-state index in [0.29, 0.717) is 6.61 Å². The molecule has 2 aromatic carbocycles. The van der Waals surface area contributed by atoms with E-state index in [9.17, 15) is 0 Å². The van der Waals surface area contributed by atoms with Gasteiger partial charge in [-0.1, -0.05) is 83.2 Å². The Bertz CT molecular complexity index is 507. The molecule has 0 aliphatic heterocycles. The third kappa shape index (κ3) is 4.05. The van der Waals surface area contributed by atoms with Crippen molar-refractivity contribution in [3.63, 3.8) is 0 Å². The number of ether oxygens (including phenoxy) is 1. The Morgan fingerprint density at radius 2 is 1.58 bits per heavy atom. The molecular weight excluding hydrogens is 300 g/mol. The second-order valence-electron chi connectivity index (χ2n) is 4.38. The monoisotopic (exact) mass is 316 g/mol. The predicted molar refractivity (Wildman–Crippen MR) is 83.3 cm³/mol. The van der Waals surface area contributed by atoms with E-state index in [0.717, 1.165) is 16.5 Å². The summed E-state index contributed by atoms with van der Waals surface area (Å²) in [6.45, 7) is 4.68. The highest BCUT2D eigenvalue weighted by molar-refractivity contribution is 9.09. The molecule has 0 aliphatic carbocycles. The van der Waals surface area contributed by atoms with Crippen LogP contribution in [0.3, 0.4) is 0 Å². The second-order valence-corrected chi connectivity index (χ2v) is 4.94. The molecule has 0 bridgehead atoms. The molecule has 0 heterocycles. The maximum Gasteiger partial charge on any atom is 0.105 e. The van der Waals surface area contributed by atoms with Crippen molar-refractivity contribution in [1.29, 1.82) is 0 Å². The van der Waals surface area contributed by atoms with Crippen molar-refractivity contribution in [1.82, 2.24) is 0 Å². The van der Waals surface area contributed by atoms with Crippen LogP contribution < -0.4 is 0 Å². The second kappa shape index (κ2) is 7.27. The zero-order valence-electron chi connectivity index (χ0n) is 10.8. The zero-order valence-corrected chi connectivity index (χ0v) is 12.3. The van der Waals surface area contributed by atoms with Crippen LogP contribution >= 0.6 is 15.9 Å². The average molecular weight is 317 g/mol. The molecule has 1 nitrogen and oxygen atoms in total. The Labute approximate surface area is 123 Å². The van der Waals surface area contributed by atoms with Crippen LogP contribution in [-0.2, 0) is 11.3 Å². The van der Waals surface area contributed by atoms with Gasteiger partial charge >= 0.3 is 0 Å². The van der Waals surface area contributed by atoms with Crippen LogP contribution in [0.1, 0.15) is 17.2 Å². The van der Waals surface area contributed by atoms with Crippen LogP contribution in [0.25, 0.3) is 0 Å². The lowest BCUT2D eigenvalue weighted by Gasteiger charge is -2.19. The number of hydrogen-bond acceptors (Lipinski definition) is 1. The summed E-state index contributed by atoms with van der Waals surface area (Å²) in [6, 6.07) is 20.4. The lowest BCUT2D eigenvalue weighted by Crippen LogP contribution is -2.08. The van der Waals surface area contributed by atoms with Gasteiger partial charge in [-0.15, -0.1) is 0 Å². The maximum atomic E-state index is 6.04. The molecule has 0 saturated carbocycles. The highest BCUT2D eigenvalue weighted by Gasteiger charge is 2.14. The summed E-state index contributed by atoms with van der Waals surface area (Å²) in [7, 11) is 0. The highest BCUT2D eigenvalue weighted by atomic mass is 79.9. The Hall–Kier alpha value is -1.38. The molecule has 0 N–H and O–H groups in total. The fourth-order valence-electron chi connectivity index (χ4n) is 1.90. The summed E-state index contributed by atoms with van der Waals surface area (Å²) in [5.41, 5.74) is 3.34. The van der Waals surface area contributed by atoms with Crippen molar-refractivity contribution in [2.24, 2.45) is 0 Å². The first-order valence-corrected chi connectivity index (χ1v) is 7.37. The minimum absolute atomic E-state index is 0.0687. The molecule has 2 heteroatoms. The minimum Gasteiger partial charge on any atom is -0.364 e. The summed E-state index contributed by atoms with van der Waals surface area (Å²) in [5.74, 6) is 0. The predicted octanol–water partition coefficient (Wildman–Crippen LogP) is 4.90. The quantitative estimate of drug-likeness (QED) is 0.544. The van der Waals surface area contributed by atoms with Gasteiger partial charge in [0.2, 0.25) is 0 Å². The van der Waals surface area contributed by atoms with Gasteiger partial charge in [0.25, 0.3) is 0 Å². The van der Waals surface area contributed by atoms with E-state index in [-0.39, 0.29) is 6.10 Å². The smallest absolute Gasteiger partial charge is 0.105 e. The molecule has 0 unspecified atom stereocenters. The maximum absolute atomic E-state index is 6.04. The Morgan fingerprint density at radius 1 is 1.00 bits per heavy atom. The molecule has 2 rings (SSSR count). The molecule has 0 amide bonds. The summed E-state index contributed by atoms with van der Waals surface area (Å²) >= 11 is 3.46. The van der Waals surface area contributed by atoms with Crippen LogP contribution in [0.5, 0.6) is 0 Å². The van der Waals surface area contributed by atoms with Crippen LogP contribution in [0, 0.1) is 0 Å². The average Bonchev–Trinajstić information content (AvgIpc) is 2.49. The van der Waals surface area contributed by atoms with Crippen molar-refractivity contribution >= 4 is 15.9 Å². The molecule has 0 aliphatic rings. The van der Waals surface area contributed by atoms with E-state index < -0.39 is 0 Å². The van der Waals surface area contributed by atoms with Gasteiger partial charge in [-0.25, -0.2) is 0 Å². The van der Waals surface area contributed by atoms with E-state index in [2.05, 4.69) is 46.8 Å². The van der Waals surface area contributed by atoms with Gasteiger partial charge in [0, 0.05) is 5.33 Å². The standard InChI is InChI=1S/C17H17BrO/c1-14(12-18)17(16-10-6-3-7-11-16)19-13-15-8-4-2-5-9-15/h2-11,17H,1,12-13H2/t17-/m0/s1. The summed E-state index contributed by atoms with van der Waals surface area (Å²) in [5, 5.41) is 0.737. The number of hydrogen-bond donors (Lipinski definition) is 0. The van der Waals surface area contributed by atoms with Crippen LogP contribution in [0.2, 0.25) is 0 Å². The molecule has 19 heavy (non-hydrogen) atoms. The number of halogens is 1. The fourth-order valence-corrected chi connectivity index (χ4v) is 2.20. The first-order chi connectivity index (χ1) is 9.31. The largest absolute Gasteiger partial charge is 0.364 e. The highest BCUT2D eigenvalue weighted by Crippen LogP contribution is 2.26. The van der Waals surface area contributed by atoms with E-state index in [4.69, 9.17) is 4.74 Å². The molecular formula is C17H17BrO. The van der Waals surface area contributed by atoms with E-state index in [1.807, 2.05) is 36.4 Å². The number of rotatable bonds is 6. The third-order valence-corrected chi connectivity index (χ3v) is 3.62. The lowest BCUT2D eigenvalue weighted by atomic mass is 10.0. The lowest BCUT2D eigenvalue weighted by molar-refractivity contribution is 0.0648. The number of alkyl halides is 1. The van der Waals surface area contributed by atoms with Gasteiger partial charge in [-0.2, -0.15) is 0 Å². The molecule has 98 valence electrons. The van der Waals surface area contributed by atoms with E-state index in [1.165, 1.54) is 5.56 Å². The summed E-state index contributed by atoms with van der Waals surface area (Å²) in [4.78, 5) is 0. The van der Waals surface area contributed by atoms with Crippen LogP contribution in [0.15, 0.2) is 72.8 Å². The van der Waals surface area contributed by atoms with Crippen molar-refractivity contribution in [2.75, 3.05) is 5.33 Å². The van der Waals surface area contributed by atoms with Crippen LogP contribution in [-0.4, -0.2) is 5.33 Å². The van der Waals surface area contributed by atoms with Gasteiger partial charge < -0.3 is 4.74 Å². The normalized spacial score (nSPS) is 12.1. The van der Waals surface area contributed by atoms with Crippen LogP contribution in [0.4, 0.5) is 0 Å². The molecule has 0 fully saturated rings. The fraction of sp³-hybridized carbons (Fsp3) is 0.176. The van der Waals surface area contributed by atoms with Gasteiger partial charge in [-0.3, -0.25) is 0 Å². The van der Waals surface area contributed by atoms with Gasteiger partial charge in [0.05, 0.1) is 6.61 Å². The first kappa shape index (κ1) is 14.0. The van der Waals surface area contributed by atoms with Gasteiger partial charge in [0.1, 0.15) is 6.10 Å². The van der Waals surface area contributed by atoms with Gasteiger partial charge in [0.15, 0.2) is 0 Å². The van der Waals surface area contributed by atoms with Crippen molar-refractivity contribution in [3.05, 3.63) is 83.9 Å². The Kier molecular flexibility index (Phi) is 5.37. The van der Waals surface area contributed by atoms with Crippen molar-refractivity contribution in [3.8, 4) is 0 Å². The zero-order chi connectivity index (χ0) is 13.5. The number of benzene rings is 2. The minimum atomic E-state index is -0.0687. The van der Waals surface area contributed by atoms with Gasteiger partial charge in [-0.05, 0) is 16.7 Å². The first-order valence-electron chi connectivity index (χ1n) is 6.25. The topological polar surface area (TPSA) is 9.23 Å². The van der Waals surface area contributed by atoms with Crippen molar-refractivity contribution in [2.45, 2.75) is 12.7 Å². The molecule has 0 radical (unpaired) electrons. The molecule has 1 atom stereocenters. The Balaban J connectivity index is 2.09. The molecule has 0 saturated heterocycles. The molecule has 0 aromatic heterocycles. The van der Waals surface area contributed by atoms with Crippen molar-refractivity contribution < 1.29 is 4.74 Å². The summed E-state index contributed by atoms with van der Waals surface area (Å²) < 4.78 is 6.04. The third-order valence-electron chi connectivity index (χ3n) is 2.90. The molecule has 2 aromatic rings.